The predicted molar refractivity (Wildman–Crippen MR) is 79.1 cm³/mol. The minimum Gasteiger partial charge on any atom is -0.508 e. The number of aromatic hydroxyl groups is 1. The number of nitrogens with zero attached hydrogens (tertiary/aromatic N) is 2. The maximum atomic E-state index is 11.7. The highest BCUT2D eigenvalue weighted by Crippen LogP contribution is 2.17. The maximum absolute atomic E-state index is 11.7. The van der Waals surface area contributed by atoms with Gasteiger partial charge < -0.3 is 20.1 Å². The Kier molecular flexibility index (Phi) is 4.47. The molecule has 0 aliphatic heterocycles. The van der Waals surface area contributed by atoms with Gasteiger partial charge in [-0.25, -0.2) is 9.78 Å². The number of phenols is 1. The van der Waals surface area contributed by atoms with E-state index >= 15 is 0 Å². The van der Waals surface area contributed by atoms with Gasteiger partial charge in [-0.1, -0.05) is 12.1 Å². The van der Waals surface area contributed by atoms with Gasteiger partial charge in [0, 0.05) is 6.54 Å². The molecule has 0 aliphatic carbocycles. The molecule has 0 bridgehead atoms. The Labute approximate surface area is 123 Å². The molecule has 0 saturated carbocycles. The normalized spacial score (nSPS) is 10.6. The molecule has 0 saturated heterocycles. The van der Waals surface area contributed by atoms with E-state index in [1.807, 2.05) is 12.1 Å². The predicted octanol–water partition coefficient (Wildman–Crippen LogP) is 1.90. The van der Waals surface area contributed by atoms with E-state index in [1.54, 1.807) is 30.5 Å². The van der Waals surface area contributed by atoms with Crippen molar-refractivity contribution in [2.45, 2.75) is 26.8 Å². The van der Waals surface area contributed by atoms with Crippen molar-refractivity contribution in [3.8, 4) is 5.75 Å². The second-order valence-corrected chi connectivity index (χ2v) is 4.68. The molecule has 6 heteroatoms. The second kappa shape index (κ2) is 6.30. The van der Waals surface area contributed by atoms with E-state index < -0.39 is 5.97 Å². The van der Waals surface area contributed by atoms with Crippen LogP contribution in [0.15, 0.2) is 24.3 Å². The summed E-state index contributed by atoms with van der Waals surface area (Å²) >= 11 is 0. The molecule has 1 aromatic carbocycles. The Bertz CT molecular complexity index is 632. The standard InChI is InChI=1S/C15H19N3O3/c1-3-21-15(20)13-14(16)18(10(2)17-13)9-8-11-4-6-12(19)7-5-11/h4-7,19H,3,8-9,16H2,1-2H3. The first kappa shape index (κ1) is 14.9. The van der Waals surface area contributed by atoms with Crippen molar-refractivity contribution in [1.29, 1.82) is 0 Å². The lowest BCUT2D eigenvalue weighted by Crippen LogP contribution is -2.11. The molecule has 0 fully saturated rings. The zero-order valence-corrected chi connectivity index (χ0v) is 12.2. The molecule has 3 N–H and O–H groups in total. The van der Waals surface area contributed by atoms with Gasteiger partial charge in [0.15, 0.2) is 5.69 Å². The number of aromatic nitrogens is 2. The van der Waals surface area contributed by atoms with Crippen LogP contribution in [0.3, 0.4) is 0 Å². The number of rotatable bonds is 5. The van der Waals surface area contributed by atoms with Gasteiger partial charge in [0.1, 0.15) is 17.4 Å². The molecule has 0 spiro atoms. The average Bonchev–Trinajstić information content (AvgIpc) is 2.74. The van der Waals surface area contributed by atoms with E-state index in [-0.39, 0.29) is 18.1 Å². The average molecular weight is 289 g/mol. The number of carbonyl (C=O) groups is 1. The number of esters is 1. The van der Waals surface area contributed by atoms with Crippen LogP contribution in [-0.4, -0.2) is 27.2 Å². The van der Waals surface area contributed by atoms with Gasteiger partial charge in [0.2, 0.25) is 0 Å². The second-order valence-electron chi connectivity index (χ2n) is 4.68. The SMILES string of the molecule is CCOC(=O)c1nc(C)n(CCc2ccc(O)cc2)c1N. The van der Waals surface area contributed by atoms with E-state index in [1.165, 1.54) is 0 Å². The van der Waals surface area contributed by atoms with Gasteiger partial charge in [-0.15, -0.1) is 0 Å². The Balaban J connectivity index is 2.13. The van der Waals surface area contributed by atoms with Crippen molar-refractivity contribution in [1.82, 2.24) is 9.55 Å². The fourth-order valence-corrected chi connectivity index (χ4v) is 2.12. The van der Waals surface area contributed by atoms with Crippen molar-refractivity contribution in [3.63, 3.8) is 0 Å². The third-order valence-corrected chi connectivity index (χ3v) is 3.23. The van der Waals surface area contributed by atoms with Gasteiger partial charge in [0.05, 0.1) is 6.61 Å². The summed E-state index contributed by atoms with van der Waals surface area (Å²) in [6.07, 6.45) is 0.726. The molecule has 1 aromatic heterocycles. The third-order valence-electron chi connectivity index (χ3n) is 3.23. The first-order valence-electron chi connectivity index (χ1n) is 6.80. The largest absolute Gasteiger partial charge is 0.508 e. The van der Waals surface area contributed by atoms with Crippen LogP contribution in [0.4, 0.5) is 5.82 Å². The Morgan fingerprint density at radius 1 is 1.38 bits per heavy atom. The van der Waals surface area contributed by atoms with E-state index in [4.69, 9.17) is 10.5 Å². The lowest BCUT2D eigenvalue weighted by Gasteiger charge is -2.08. The van der Waals surface area contributed by atoms with E-state index in [2.05, 4.69) is 4.98 Å². The number of nitrogens with two attached hydrogens (primary N) is 1. The number of phenolic OH excluding ortho intramolecular Hbond substituents is 1. The van der Waals surface area contributed by atoms with Crippen LogP contribution < -0.4 is 5.73 Å². The van der Waals surface area contributed by atoms with Crippen molar-refractivity contribution >= 4 is 11.8 Å². The highest BCUT2D eigenvalue weighted by Gasteiger charge is 2.19. The summed E-state index contributed by atoms with van der Waals surface area (Å²) in [6, 6.07) is 6.99. The molecule has 0 atom stereocenters. The van der Waals surface area contributed by atoms with Crippen LogP contribution >= 0.6 is 0 Å². The molecule has 0 unspecified atom stereocenters. The molecular weight excluding hydrogens is 270 g/mol. The number of anilines is 1. The summed E-state index contributed by atoms with van der Waals surface area (Å²) in [4.78, 5) is 15.9. The number of carbonyl (C=O) groups excluding carboxylic acids is 1. The molecular formula is C15H19N3O3. The van der Waals surface area contributed by atoms with Gasteiger partial charge in [-0.3, -0.25) is 0 Å². The van der Waals surface area contributed by atoms with Crippen molar-refractivity contribution in [2.24, 2.45) is 0 Å². The topological polar surface area (TPSA) is 90.4 Å². The van der Waals surface area contributed by atoms with Gasteiger partial charge in [-0.05, 0) is 38.0 Å². The van der Waals surface area contributed by atoms with Crippen LogP contribution in [0.1, 0.15) is 28.8 Å². The molecule has 2 rings (SSSR count). The molecule has 2 aromatic rings. The summed E-state index contributed by atoms with van der Waals surface area (Å²) < 4.78 is 6.72. The van der Waals surface area contributed by atoms with Gasteiger partial charge in [-0.2, -0.15) is 0 Å². The van der Waals surface area contributed by atoms with Crippen LogP contribution in [0.5, 0.6) is 5.75 Å². The van der Waals surface area contributed by atoms with Crippen molar-refractivity contribution < 1.29 is 14.6 Å². The number of nitrogen functional groups attached to an aromatic ring is 1. The minimum atomic E-state index is -0.499. The Hall–Kier alpha value is -2.50. The molecule has 6 nitrogen and oxygen atoms in total. The molecule has 0 aliphatic rings. The van der Waals surface area contributed by atoms with Crippen LogP contribution in [0, 0.1) is 6.92 Å². The zero-order valence-electron chi connectivity index (χ0n) is 12.2. The summed E-state index contributed by atoms with van der Waals surface area (Å²) in [7, 11) is 0. The van der Waals surface area contributed by atoms with Gasteiger partial charge >= 0.3 is 5.97 Å². The zero-order chi connectivity index (χ0) is 15.4. The van der Waals surface area contributed by atoms with E-state index in [0.717, 1.165) is 12.0 Å². The molecule has 112 valence electrons. The van der Waals surface area contributed by atoms with Crippen molar-refractivity contribution in [2.75, 3.05) is 12.3 Å². The molecule has 0 radical (unpaired) electrons. The quantitative estimate of drug-likeness (QED) is 0.820. The fourth-order valence-electron chi connectivity index (χ4n) is 2.12. The van der Waals surface area contributed by atoms with Crippen LogP contribution in [-0.2, 0) is 17.7 Å². The first-order chi connectivity index (χ1) is 10.0. The molecule has 0 amide bonds. The number of hydrogen-bond acceptors (Lipinski definition) is 5. The summed E-state index contributed by atoms with van der Waals surface area (Å²) in [5.41, 5.74) is 7.22. The lowest BCUT2D eigenvalue weighted by atomic mass is 10.1. The van der Waals surface area contributed by atoms with Gasteiger partial charge in [0.25, 0.3) is 0 Å². The lowest BCUT2D eigenvalue weighted by molar-refractivity contribution is 0.0521. The molecule has 21 heavy (non-hydrogen) atoms. The molecule has 1 heterocycles. The van der Waals surface area contributed by atoms with Crippen LogP contribution in [0.25, 0.3) is 0 Å². The number of ether oxygens (including phenoxy) is 1. The van der Waals surface area contributed by atoms with Crippen LogP contribution in [0.2, 0.25) is 0 Å². The summed E-state index contributed by atoms with van der Waals surface area (Å²) in [5, 5.41) is 9.26. The fraction of sp³-hybridized carbons (Fsp3) is 0.333. The maximum Gasteiger partial charge on any atom is 0.360 e. The monoisotopic (exact) mass is 289 g/mol. The van der Waals surface area contributed by atoms with E-state index in [0.29, 0.717) is 18.2 Å². The number of aryl methyl sites for hydroxylation is 2. The number of benzene rings is 1. The minimum absolute atomic E-state index is 0.167. The third kappa shape index (κ3) is 3.34. The highest BCUT2D eigenvalue weighted by molar-refractivity contribution is 5.92. The summed E-state index contributed by atoms with van der Waals surface area (Å²) in [5.74, 6) is 0.738. The number of hydrogen-bond donors (Lipinski definition) is 2. The smallest absolute Gasteiger partial charge is 0.360 e. The number of imidazole rings is 1. The van der Waals surface area contributed by atoms with E-state index in [9.17, 15) is 9.90 Å². The highest BCUT2D eigenvalue weighted by atomic mass is 16.5. The Morgan fingerprint density at radius 3 is 2.67 bits per heavy atom. The van der Waals surface area contributed by atoms with Crippen molar-refractivity contribution in [3.05, 3.63) is 41.3 Å². The Morgan fingerprint density at radius 2 is 2.05 bits per heavy atom. The summed E-state index contributed by atoms with van der Waals surface area (Å²) in [6.45, 7) is 4.44. The first-order valence-corrected chi connectivity index (χ1v) is 6.80.